The lowest BCUT2D eigenvalue weighted by Crippen LogP contribution is -2.14. The van der Waals surface area contributed by atoms with Crippen LogP contribution >= 0.6 is 15.9 Å². The number of pyridine rings is 1. The molecule has 1 N–H and O–H groups in total. The fourth-order valence-electron chi connectivity index (χ4n) is 2.89. The van der Waals surface area contributed by atoms with Crippen LogP contribution < -0.4 is 10.1 Å². The Morgan fingerprint density at radius 2 is 1.78 bits per heavy atom. The number of carbonyl (C=O) groups is 1. The highest BCUT2D eigenvalue weighted by Gasteiger charge is 2.18. The molecular formula is C21H16BrN3O2. The van der Waals surface area contributed by atoms with Gasteiger partial charge in [-0.15, -0.1) is 0 Å². The summed E-state index contributed by atoms with van der Waals surface area (Å²) in [4.78, 5) is 17.6. The van der Waals surface area contributed by atoms with E-state index in [0.29, 0.717) is 17.1 Å². The normalized spacial score (nSPS) is 10.7. The van der Waals surface area contributed by atoms with Crippen LogP contribution in [0.15, 0.2) is 77.4 Å². The number of nitrogens with one attached hydrogen (secondary N) is 1. The Morgan fingerprint density at radius 1 is 1.04 bits per heavy atom. The molecule has 0 saturated heterocycles. The number of aromatic nitrogens is 2. The van der Waals surface area contributed by atoms with Gasteiger partial charge in [-0.05, 0) is 64.5 Å². The van der Waals surface area contributed by atoms with Crippen LogP contribution in [-0.4, -0.2) is 22.4 Å². The number of carbonyl (C=O) groups excluding carboxylic acids is 1. The minimum absolute atomic E-state index is 0.206. The molecule has 0 saturated carbocycles. The minimum atomic E-state index is -0.206. The second kappa shape index (κ2) is 7.25. The average Bonchev–Trinajstić information content (AvgIpc) is 3.07. The number of nitrogens with zero attached hydrogens (tertiary/aromatic N) is 2. The Bertz CT molecular complexity index is 1120. The summed E-state index contributed by atoms with van der Waals surface area (Å²) in [5.41, 5.74) is 2.90. The summed E-state index contributed by atoms with van der Waals surface area (Å²) in [6.07, 6.45) is 1.88. The molecule has 0 aliphatic heterocycles. The van der Waals surface area contributed by atoms with Gasteiger partial charge in [-0.3, -0.25) is 9.20 Å². The molecule has 0 unspecified atom stereocenters. The van der Waals surface area contributed by atoms with Crippen LogP contribution in [0.25, 0.3) is 16.9 Å². The third kappa shape index (κ3) is 3.31. The number of rotatable bonds is 4. The van der Waals surface area contributed by atoms with Crippen molar-refractivity contribution in [2.75, 3.05) is 12.4 Å². The van der Waals surface area contributed by atoms with Gasteiger partial charge in [0, 0.05) is 16.2 Å². The molecule has 0 atom stereocenters. The van der Waals surface area contributed by atoms with E-state index in [9.17, 15) is 4.79 Å². The van der Waals surface area contributed by atoms with E-state index in [2.05, 4.69) is 21.2 Å². The van der Waals surface area contributed by atoms with Gasteiger partial charge in [0.25, 0.3) is 5.91 Å². The molecule has 2 aromatic heterocycles. The second-order valence-corrected chi connectivity index (χ2v) is 6.75. The molecular weight excluding hydrogens is 406 g/mol. The molecule has 0 radical (unpaired) electrons. The minimum Gasteiger partial charge on any atom is -0.497 e. The van der Waals surface area contributed by atoms with Gasteiger partial charge in [-0.25, -0.2) is 4.98 Å². The fourth-order valence-corrected chi connectivity index (χ4v) is 3.35. The van der Waals surface area contributed by atoms with E-state index in [1.54, 1.807) is 13.2 Å². The quantitative estimate of drug-likeness (QED) is 0.502. The largest absolute Gasteiger partial charge is 0.497 e. The van der Waals surface area contributed by atoms with Crippen LogP contribution in [0.2, 0.25) is 0 Å². The first kappa shape index (κ1) is 17.3. The van der Waals surface area contributed by atoms with Crippen molar-refractivity contribution in [3.05, 3.63) is 83.0 Å². The molecule has 0 aliphatic carbocycles. The number of hydrogen-bond donors (Lipinski definition) is 1. The van der Waals surface area contributed by atoms with Gasteiger partial charge in [-0.1, -0.05) is 18.2 Å². The standard InChI is InChI=1S/C21H16BrN3O2/c1-27-15-11-9-14(10-12-15)19-20(25-13-5-4-8-18(25)23-19)24-21(26)16-6-2-3-7-17(16)22/h2-13H,1H3,(H,24,26). The van der Waals surface area contributed by atoms with Crippen molar-refractivity contribution in [1.82, 2.24) is 9.38 Å². The van der Waals surface area contributed by atoms with Gasteiger partial charge in [0.15, 0.2) is 0 Å². The van der Waals surface area contributed by atoms with Gasteiger partial charge in [0.1, 0.15) is 22.9 Å². The van der Waals surface area contributed by atoms with E-state index in [1.807, 2.05) is 71.3 Å². The van der Waals surface area contributed by atoms with E-state index in [-0.39, 0.29) is 5.91 Å². The van der Waals surface area contributed by atoms with Crippen molar-refractivity contribution in [3.63, 3.8) is 0 Å². The van der Waals surface area contributed by atoms with Crippen LogP contribution in [0.1, 0.15) is 10.4 Å². The third-order valence-corrected chi connectivity index (χ3v) is 4.94. The first-order chi connectivity index (χ1) is 13.2. The summed E-state index contributed by atoms with van der Waals surface area (Å²) >= 11 is 3.43. The van der Waals surface area contributed by atoms with E-state index >= 15 is 0 Å². The van der Waals surface area contributed by atoms with Gasteiger partial charge in [0.05, 0.1) is 12.7 Å². The van der Waals surface area contributed by atoms with Crippen molar-refractivity contribution in [1.29, 1.82) is 0 Å². The lowest BCUT2D eigenvalue weighted by Gasteiger charge is -2.09. The maximum atomic E-state index is 12.9. The number of amides is 1. The number of hydrogen-bond acceptors (Lipinski definition) is 3. The number of imidazole rings is 1. The molecule has 4 aromatic rings. The Labute approximate surface area is 164 Å². The van der Waals surface area contributed by atoms with E-state index in [0.717, 1.165) is 21.4 Å². The molecule has 5 nitrogen and oxygen atoms in total. The average molecular weight is 422 g/mol. The van der Waals surface area contributed by atoms with Crippen LogP contribution in [0.5, 0.6) is 5.75 Å². The van der Waals surface area contributed by atoms with Gasteiger partial charge >= 0.3 is 0 Å². The highest BCUT2D eigenvalue weighted by atomic mass is 79.9. The fraction of sp³-hybridized carbons (Fsp3) is 0.0476. The molecule has 27 heavy (non-hydrogen) atoms. The van der Waals surface area contributed by atoms with E-state index in [4.69, 9.17) is 9.72 Å². The first-order valence-electron chi connectivity index (χ1n) is 8.35. The topological polar surface area (TPSA) is 55.6 Å². The SMILES string of the molecule is COc1ccc(-c2nc3ccccn3c2NC(=O)c2ccccc2Br)cc1. The number of methoxy groups -OCH3 is 1. The van der Waals surface area contributed by atoms with Crippen LogP contribution in [0.3, 0.4) is 0 Å². The van der Waals surface area contributed by atoms with Crippen molar-refractivity contribution in [2.45, 2.75) is 0 Å². The highest BCUT2D eigenvalue weighted by molar-refractivity contribution is 9.10. The summed E-state index contributed by atoms with van der Waals surface area (Å²) in [5, 5.41) is 3.02. The van der Waals surface area contributed by atoms with Crippen molar-refractivity contribution in [2.24, 2.45) is 0 Å². The number of ether oxygens (including phenoxy) is 1. The molecule has 0 aliphatic rings. The number of halogens is 1. The van der Waals surface area contributed by atoms with Crippen LogP contribution in [0, 0.1) is 0 Å². The Hall–Kier alpha value is -3.12. The van der Waals surface area contributed by atoms with Crippen molar-refractivity contribution < 1.29 is 9.53 Å². The van der Waals surface area contributed by atoms with Crippen molar-refractivity contribution >= 4 is 33.3 Å². The van der Waals surface area contributed by atoms with Gasteiger partial charge in [-0.2, -0.15) is 0 Å². The first-order valence-corrected chi connectivity index (χ1v) is 9.14. The second-order valence-electron chi connectivity index (χ2n) is 5.90. The summed E-state index contributed by atoms with van der Waals surface area (Å²) in [6.45, 7) is 0. The van der Waals surface area contributed by atoms with Crippen molar-refractivity contribution in [3.8, 4) is 17.0 Å². The summed E-state index contributed by atoms with van der Waals surface area (Å²) in [7, 11) is 1.63. The monoisotopic (exact) mass is 421 g/mol. The molecule has 0 spiro atoms. The zero-order valence-electron chi connectivity index (χ0n) is 14.5. The Kier molecular flexibility index (Phi) is 4.64. The molecule has 1 amide bonds. The zero-order chi connectivity index (χ0) is 18.8. The number of anilines is 1. The molecule has 4 rings (SSSR count). The summed E-state index contributed by atoms with van der Waals surface area (Å²) in [5.74, 6) is 1.18. The van der Waals surface area contributed by atoms with Gasteiger partial charge < -0.3 is 10.1 Å². The lowest BCUT2D eigenvalue weighted by molar-refractivity contribution is 0.102. The zero-order valence-corrected chi connectivity index (χ0v) is 16.1. The molecule has 6 heteroatoms. The number of benzene rings is 2. The maximum Gasteiger partial charge on any atom is 0.257 e. The molecule has 0 fully saturated rings. The highest BCUT2D eigenvalue weighted by Crippen LogP contribution is 2.30. The summed E-state index contributed by atoms with van der Waals surface area (Å²) < 4.78 is 7.84. The van der Waals surface area contributed by atoms with Crippen LogP contribution in [-0.2, 0) is 0 Å². The Morgan fingerprint density at radius 3 is 2.52 bits per heavy atom. The van der Waals surface area contributed by atoms with E-state index < -0.39 is 0 Å². The van der Waals surface area contributed by atoms with E-state index in [1.165, 1.54) is 0 Å². The smallest absolute Gasteiger partial charge is 0.257 e. The molecule has 2 heterocycles. The number of fused-ring (bicyclic) bond motifs is 1. The third-order valence-electron chi connectivity index (χ3n) is 4.24. The summed E-state index contributed by atoms with van der Waals surface area (Å²) in [6, 6.07) is 20.6. The lowest BCUT2D eigenvalue weighted by atomic mass is 10.1. The predicted molar refractivity (Wildman–Crippen MR) is 109 cm³/mol. The Balaban J connectivity index is 1.81. The molecule has 0 bridgehead atoms. The van der Waals surface area contributed by atoms with Crippen LogP contribution in [0.4, 0.5) is 5.82 Å². The molecule has 134 valence electrons. The molecule has 2 aromatic carbocycles. The predicted octanol–water partition coefficient (Wildman–Crippen LogP) is 5.02. The maximum absolute atomic E-state index is 12.9. The van der Waals surface area contributed by atoms with Gasteiger partial charge in [0.2, 0.25) is 0 Å².